The minimum atomic E-state index is -0.983. The molecule has 1 saturated heterocycles. The average molecular weight is 531 g/mol. The number of carbonyl (C=O) groups is 3. The number of nitrogens with one attached hydrogen (secondary N) is 1. The molecule has 210 valence electrons. The van der Waals surface area contributed by atoms with Gasteiger partial charge in [-0.05, 0) is 55.2 Å². The Kier molecular flexibility index (Phi) is 9.82. The lowest BCUT2D eigenvalue weighted by Gasteiger charge is -2.51. The van der Waals surface area contributed by atoms with Crippen LogP contribution in [0.25, 0.3) is 0 Å². The van der Waals surface area contributed by atoms with Crippen LogP contribution in [0.1, 0.15) is 51.5 Å². The molecule has 0 radical (unpaired) electrons. The van der Waals surface area contributed by atoms with Crippen molar-refractivity contribution in [2.45, 2.75) is 52.4 Å². The Bertz CT molecular complexity index is 1050. The van der Waals surface area contributed by atoms with Gasteiger partial charge in [0.05, 0.1) is 21.3 Å². The number of benzene rings is 1. The lowest BCUT2D eigenvalue weighted by atomic mass is 9.59. The first-order valence-electron chi connectivity index (χ1n) is 13.2. The Hall–Kier alpha value is -3.07. The molecule has 1 aliphatic heterocycles. The van der Waals surface area contributed by atoms with Crippen molar-refractivity contribution in [1.29, 1.82) is 0 Å². The quantitative estimate of drug-likeness (QED) is 0.326. The summed E-state index contributed by atoms with van der Waals surface area (Å²) in [6.07, 6.45) is 4.81. The number of nitrogens with zero attached hydrogens (tertiary/aromatic N) is 1. The number of ether oxygens (including phenoxy) is 4. The van der Waals surface area contributed by atoms with Crippen molar-refractivity contribution in [2.75, 3.05) is 48.1 Å². The van der Waals surface area contributed by atoms with E-state index in [1.807, 2.05) is 24.3 Å². The molecule has 1 N–H and O–H groups in total. The molecule has 0 spiro atoms. The Morgan fingerprint density at radius 1 is 1.11 bits per heavy atom. The predicted octanol–water partition coefficient (Wildman–Crippen LogP) is 3.50. The van der Waals surface area contributed by atoms with Crippen molar-refractivity contribution < 1.29 is 33.3 Å². The zero-order valence-electron chi connectivity index (χ0n) is 23.6. The molecular weight excluding hydrogens is 488 g/mol. The maximum absolute atomic E-state index is 13.8. The van der Waals surface area contributed by atoms with E-state index < -0.39 is 11.3 Å². The highest BCUT2D eigenvalue weighted by Gasteiger charge is 2.57. The van der Waals surface area contributed by atoms with E-state index in [0.29, 0.717) is 56.2 Å². The molecule has 0 unspecified atom stereocenters. The zero-order valence-corrected chi connectivity index (χ0v) is 23.6. The van der Waals surface area contributed by atoms with Crippen LogP contribution >= 0.6 is 0 Å². The first-order valence-corrected chi connectivity index (χ1v) is 13.2. The van der Waals surface area contributed by atoms with Crippen LogP contribution in [0.2, 0.25) is 0 Å². The standard InChI is InChI=1S/C29H42N2O7/c1-28(2)12-10-24-29(19-28,27(34)38-6)18-21(17-25(32)30-13-7-15-35-3)26(33)31(24)14-11-20-8-9-22(36-4)23(16-20)37-5/h8-10,16,21H,7,11-15,17-19H2,1-6H3,(H,30,32)/t21-,29+/m0/s1. The van der Waals surface area contributed by atoms with E-state index in [1.54, 1.807) is 26.2 Å². The normalized spacial score (nSPS) is 22.3. The van der Waals surface area contributed by atoms with Crippen molar-refractivity contribution in [3.8, 4) is 11.5 Å². The minimum Gasteiger partial charge on any atom is -0.493 e. The highest BCUT2D eigenvalue weighted by atomic mass is 16.5. The number of likely N-dealkylation sites (tertiary alicyclic amines) is 1. The molecule has 1 heterocycles. The van der Waals surface area contributed by atoms with Crippen molar-refractivity contribution in [3.05, 3.63) is 35.5 Å². The Labute approximate surface area is 225 Å². The van der Waals surface area contributed by atoms with Crippen LogP contribution < -0.4 is 14.8 Å². The number of allylic oxidation sites excluding steroid dienone is 1. The van der Waals surface area contributed by atoms with Crippen molar-refractivity contribution in [1.82, 2.24) is 10.2 Å². The van der Waals surface area contributed by atoms with Crippen LogP contribution in [0.5, 0.6) is 11.5 Å². The van der Waals surface area contributed by atoms with Gasteiger partial charge in [0, 0.05) is 44.8 Å². The molecule has 9 nitrogen and oxygen atoms in total. The second-order valence-electron chi connectivity index (χ2n) is 10.9. The van der Waals surface area contributed by atoms with Gasteiger partial charge in [0.15, 0.2) is 11.5 Å². The van der Waals surface area contributed by atoms with E-state index in [0.717, 1.165) is 12.0 Å². The van der Waals surface area contributed by atoms with Crippen molar-refractivity contribution >= 4 is 17.8 Å². The zero-order chi connectivity index (χ0) is 27.9. The summed E-state index contributed by atoms with van der Waals surface area (Å²) in [4.78, 5) is 41.8. The molecule has 2 atom stereocenters. The summed E-state index contributed by atoms with van der Waals surface area (Å²) in [5, 5.41) is 2.88. The van der Waals surface area contributed by atoms with Gasteiger partial charge >= 0.3 is 5.97 Å². The van der Waals surface area contributed by atoms with Crippen LogP contribution in [0.3, 0.4) is 0 Å². The summed E-state index contributed by atoms with van der Waals surface area (Å²) in [5.41, 5.74) is 0.531. The van der Waals surface area contributed by atoms with E-state index >= 15 is 0 Å². The molecule has 0 saturated carbocycles. The van der Waals surface area contributed by atoms with Gasteiger partial charge < -0.3 is 29.2 Å². The van der Waals surface area contributed by atoms with Gasteiger partial charge in [-0.1, -0.05) is 26.0 Å². The fraction of sp³-hybridized carbons (Fsp3) is 0.621. The SMILES string of the molecule is COCCCNC(=O)C[C@H]1C[C@@]2(C(=O)OC)CC(C)(C)CC=C2N(CCc2ccc(OC)c(OC)c2)C1=O. The molecule has 9 heteroatoms. The second-order valence-corrected chi connectivity index (χ2v) is 10.9. The van der Waals surface area contributed by atoms with Crippen molar-refractivity contribution in [3.63, 3.8) is 0 Å². The number of rotatable bonds is 12. The molecule has 1 aromatic rings. The topological polar surface area (TPSA) is 103 Å². The summed E-state index contributed by atoms with van der Waals surface area (Å²) in [7, 11) is 6.17. The molecule has 38 heavy (non-hydrogen) atoms. The van der Waals surface area contributed by atoms with E-state index in [1.165, 1.54) is 7.11 Å². The molecule has 1 aliphatic carbocycles. The Morgan fingerprint density at radius 2 is 1.84 bits per heavy atom. The summed E-state index contributed by atoms with van der Waals surface area (Å²) in [6.45, 7) is 5.61. The number of methoxy groups -OCH3 is 4. The van der Waals surface area contributed by atoms with Gasteiger partial charge in [0.25, 0.3) is 0 Å². The number of amides is 2. The fourth-order valence-corrected chi connectivity index (χ4v) is 5.80. The Morgan fingerprint density at radius 3 is 2.50 bits per heavy atom. The van der Waals surface area contributed by atoms with E-state index in [4.69, 9.17) is 18.9 Å². The van der Waals surface area contributed by atoms with Gasteiger partial charge in [-0.2, -0.15) is 0 Å². The number of carbonyl (C=O) groups excluding carboxylic acids is 3. The number of fused-ring (bicyclic) bond motifs is 1. The van der Waals surface area contributed by atoms with Crippen molar-refractivity contribution in [2.24, 2.45) is 16.7 Å². The van der Waals surface area contributed by atoms with E-state index in [9.17, 15) is 14.4 Å². The number of hydrogen-bond acceptors (Lipinski definition) is 7. The summed E-state index contributed by atoms with van der Waals surface area (Å²) < 4.78 is 21.2. The molecule has 1 fully saturated rings. The molecule has 0 bridgehead atoms. The number of esters is 1. The monoisotopic (exact) mass is 530 g/mol. The first-order chi connectivity index (χ1) is 18.1. The highest BCUT2D eigenvalue weighted by molar-refractivity contribution is 5.92. The summed E-state index contributed by atoms with van der Waals surface area (Å²) in [5.74, 6) is -0.0900. The van der Waals surface area contributed by atoms with Crippen LogP contribution in [0, 0.1) is 16.7 Å². The third-order valence-corrected chi connectivity index (χ3v) is 7.55. The van der Waals surface area contributed by atoms with Gasteiger partial charge in [-0.15, -0.1) is 0 Å². The molecular formula is C29H42N2O7. The van der Waals surface area contributed by atoms with Crippen LogP contribution in [0.15, 0.2) is 30.0 Å². The molecule has 1 aromatic carbocycles. The van der Waals surface area contributed by atoms with Crippen LogP contribution in [-0.2, 0) is 30.3 Å². The largest absolute Gasteiger partial charge is 0.493 e. The maximum atomic E-state index is 13.8. The lowest BCUT2D eigenvalue weighted by Crippen LogP contribution is -2.56. The highest BCUT2D eigenvalue weighted by Crippen LogP contribution is 2.54. The van der Waals surface area contributed by atoms with Gasteiger partial charge in [0.1, 0.15) is 5.41 Å². The molecule has 3 rings (SSSR count). The smallest absolute Gasteiger partial charge is 0.317 e. The van der Waals surface area contributed by atoms with Gasteiger partial charge in [-0.3, -0.25) is 14.4 Å². The molecule has 2 aliphatic rings. The van der Waals surface area contributed by atoms with Gasteiger partial charge in [0.2, 0.25) is 11.8 Å². The lowest BCUT2D eigenvalue weighted by molar-refractivity contribution is -0.162. The second kappa shape index (κ2) is 12.7. The summed E-state index contributed by atoms with van der Waals surface area (Å²) >= 11 is 0. The van der Waals surface area contributed by atoms with E-state index in [-0.39, 0.29) is 36.0 Å². The van der Waals surface area contributed by atoms with Crippen LogP contribution in [-0.4, -0.2) is 70.8 Å². The van der Waals surface area contributed by atoms with E-state index in [2.05, 4.69) is 19.2 Å². The molecule has 2 amide bonds. The average Bonchev–Trinajstić information content (AvgIpc) is 2.90. The minimum absolute atomic E-state index is 0.0190. The number of piperidine rings is 1. The van der Waals surface area contributed by atoms with Crippen LogP contribution in [0.4, 0.5) is 0 Å². The van der Waals surface area contributed by atoms with Gasteiger partial charge in [-0.25, -0.2) is 0 Å². The maximum Gasteiger partial charge on any atom is 0.317 e. The third kappa shape index (κ3) is 6.49. The summed E-state index contributed by atoms with van der Waals surface area (Å²) in [6, 6.07) is 5.67. The predicted molar refractivity (Wildman–Crippen MR) is 143 cm³/mol. The third-order valence-electron chi connectivity index (χ3n) is 7.55. The number of hydrogen-bond donors (Lipinski definition) is 1. The fourth-order valence-electron chi connectivity index (χ4n) is 5.80. The molecule has 0 aromatic heterocycles. The first kappa shape index (κ1) is 29.5. The Balaban J connectivity index is 1.91.